The predicted octanol–water partition coefficient (Wildman–Crippen LogP) is 4.08. The van der Waals surface area contributed by atoms with Crippen molar-refractivity contribution in [2.24, 2.45) is 0 Å². The number of hydrogen-bond acceptors (Lipinski definition) is 2. The van der Waals surface area contributed by atoms with Gasteiger partial charge in [0.2, 0.25) is 0 Å². The first-order chi connectivity index (χ1) is 10.3. The lowest BCUT2D eigenvalue weighted by molar-refractivity contribution is -0.0195. The number of nitrogens with zero attached hydrogens (tertiary/aromatic N) is 1. The molecular weight excluding hydrogens is 258 g/mol. The molecule has 1 aromatic carbocycles. The minimum Gasteiger partial charge on any atom is -0.386 e. The molecule has 1 aliphatic carbocycles. The highest BCUT2D eigenvalue weighted by Gasteiger charge is 2.46. The molecule has 1 unspecified atom stereocenters. The molecule has 2 fully saturated rings. The fraction of sp³-hybridized carbons (Fsp3) is 0.684. The minimum absolute atomic E-state index is 0.0166. The number of hydrogen-bond donors (Lipinski definition) is 1. The number of likely N-dealkylation sites (tertiary alicyclic amines) is 1. The number of aliphatic hydroxyl groups is 1. The van der Waals surface area contributed by atoms with E-state index in [9.17, 15) is 5.11 Å². The Bertz CT molecular complexity index is 441. The van der Waals surface area contributed by atoms with Crippen LogP contribution in [0.1, 0.15) is 69.1 Å². The van der Waals surface area contributed by atoms with Gasteiger partial charge in [-0.2, -0.15) is 0 Å². The van der Waals surface area contributed by atoms with Crippen LogP contribution in [-0.2, 0) is 6.42 Å². The molecule has 116 valence electrons. The van der Waals surface area contributed by atoms with E-state index in [1.165, 1.54) is 50.8 Å². The lowest BCUT2D eigenvalue weighted by atomic mass is 9.84. The molecule has 21 heavy (non-hydrogen) atoms. The Labute approximate surface area is 129 Å². The van der Waals surface area contributed by atoms with E-state index in [0.717, 1.165) is 24.8 Å². The van der Waals surface area contributed by atoms with Crippen LogP contribution in [0.25, 0.3) is 0 Å². The zero-order valence-electron chi connectivity index (χ0n) is 13.4. The summed E-state index contributed by atoms with van der Waals surface area (Å²) in [6.45, 7) is 4.56. The van der Waals surface area contributed by atoms with Crippen LogP contribution in [0, 0.1) is 0 Å². The maximum atomic E-state index is 11.1. The van der Waals surface area contributed by atoms with Crippen LogP contribution in [-0.4, -0.2) is 28.6 Å². The van der Waals surface area contributed by atoms with Crippen molar-refractivity contribution < 1.29 is 5.11 Å². The first kappa shape index (κ1) is 15.1. The van der Waals surface area contributed by atoms with Gasteiger partial charge < -0.3 is 5.11 Å². The lowest BCUT2D eigenvalue weighted by Gasteiger charge is -2.43. The molecule has 0 spiro atoms. The molecule has 1 atom stereocenters. The van der Waals surface area contributed by atoms with E-state index in [-0.39, 0.29) is 11.6 Å². The maximum Gasteiger partial charge on any atom is 0.0973 e. The van der Waals surface area contributed by atoms with E-state index >= 15 is 0 Å². The molecule has 1 aromatic rings. The lowest BCUT2D eigenvalue weighted by Crippen LogP contribution is -2.49. The molecule has 2 heteroatoms. The molecule has 2 aliphatic rings. The van der Waals surface area contributed by atoms with Crippen molar-refractivity contribution >= 4 is 0 Å². The van der Waals surface area contributed by atoms with Gasteiger partial charge in [-0.05, 0) is 56.3 Å². The molecular formula is C19H29NO. The van der Waals surface area contributed by atoms with E-state index < -0.39 is 0 Å². The van der Waals surface area contributed by atoms with Crippen LogP contribution in [0.15, 0.2) is 24.3 Å². The summed E-state index contributed by atoms with van der Waals surface area (Å²) in [5, 5.41) is 11.1. The van der Waals surface area contributed by atoms with Gasteiger partial charge in [0.15, 0.2) is 0 Å². The zero-order valence-corrected chi connectivity index (χ0v) is 13.4. The van der Waals surface area contributed by atoms with E-state index in [1.807, 2.05) is 0 Å². The SMILES string of the molecule is CCCc1ccc(C(O)C2(N3CCCC3)CCCC2)cc1. The van der Waals surface area contributed by atoms with Gasteiger partial charge in [0.25, 0.3) is 0 Å². The predicted molar refractivity (Wildman–Crippen MR) is 87.4 cm³/mol. The number of rotatable bonds is 5. The Morgan fingerprint density at radius 1 is 1.05 bits per heavy atom. The van der Waals surface area contributed by atoms with Crippen molar-refractivity contribution in [2.45, 2.75) is 69.9 Å². The molecule has 3 rings (SSSR count). The topological polar surface area (TPSA) is 23.5 Å². The number of aliphatic hydroxyl groups excluding tert-OH is 1. The summed E-state index contributed by atoms with van der Waals surface area (Å²) in [5.41, 5.74) is 2.52. The highest BCUT2D eigenvalue weighted by Crippen LogP contribution is 2.45. The second kappa shape index (κ2) is 6.50. The molecule has 2 nitrogen and oxygen atoms in total. The Kier molecular flexibility index (Phi) is 4.66. The third-order valence-corrected chi connectivity index (χ3v) is 5.55. The average Bonchev–Trinajstić information content (AvgIpc) is 3.19. The molecule has 1 saturated carbocycles. The Morgan fingerprint density at radius 2 is 1.67 bits per heavy atom. The molecule has 1 N–H and O–H groups in total. The molecule has 0 amide bonds. The summed E-state index contributed by atoms with van der Waals surface area (Å²) in [4.78, 5) is 2.59. The van der Waals surface area contributed by atoms with Gasteiger partial charge in [-0.25, -0.2) is 0 Å². The van der Waals surface area contributed by atoms with Crippen molar-refractivity contribution in [3.63, 3.8) is 0 Å². The number of aryl methyl sites for hydroxylation is 1. The minimum atomic E-state index is -0.325. The summed E-state index contributed by atoms with van der Waals surface area (Å²) in [7, 11) is 0. The Morgan fingerprint density at radius 3 is 2.24 bits per heavy atom. The Balaban J connectivity index is 1.81. The van der Waals surface area contributed by atoms with E-state index in [1.54, 1.807) is 0 Å². The fourth-order valence-corrected chi connectivity index (χ4v) is 4.38. The van der Waals surface area contributed by atoms with Crippen molar-refractivity contribution in [3.8, 4) is 0 Å². The molecule has 0 aromatic heterocycles. The molecule has 1 heterocycles. The summed E-state index contributed by atoms with van der Waals surface area (Å²) in [6, 6.07) is 8.72. The Hall–Kier alpha value is -0.860. The van der Waals surface area contributed by atoms with Crippen molar-refractivity contribution in [2.75, 3.05) is 13.1 Å². The van der Waals surface area contributed by atoms with Gasteiger partial charge in [0, 0.05) is 0 Å². The molecule has 0 bridgehead atoms. The van der Waals surface area contributed by atoms with E-state index in [4.69, 9.17) is 0 Å². The van der Waals surface area contributed by atoms with Gasteiger partial charge in [0.1, 0.15) is 0 Å². The molecule has 1 aliphatic heterocycles. The van der Waals surface area contributed by atoms with E-state index in [2.05, 4.69) is 36.1 Å². The van der Waals surface area contributed by atoms with Gasteiger partial charge in [-0.15, -0.1) is 0 Å². The highest BCUT2D eigenvalue weighted by atomic mass is 16.3. The first-order valence-corrected chi connectivity index (χ1v) is 8.78. The second-order valence-electron chi connectivity index (χ2n) is 6.90. The van der Waals surface area contributed by atoms with Crippen LogP contribution < -0.4 is 0 Å². The highest BCUT2D eigenvalue weighted by molar-refractivity contribution is 5.27. The summed E-state index contributed by atoms with van der Waals surface area (Å²) < 4.78 is 0. The fourth-order valence-electron chi connectivity index (χ4n) is 4.38. The third-order valence-electron chi connectivity index (χ3n) is 5.55. The zero-order chi connectivity index (χ0) is 14.7. The van der Waals surface area contributed by atoms with Crippen LogP contribution in [0.5, 0.6) is 0 Å². The number of benzene rings is 1. The van der Waals surface area contributed by atoms with E-state index in [0.29, 0.717) is 0 Å². The smallest absolute Gasteiger partial charge is 0.0973 e. The largest absolute Gasteiger partial charge is 0.386 e. The quantitative estimate of drug-likeness (QED) is 0.882. The van der Waals surface area contributed by atoms with Crippen molar-refractivity contribution in [3.05, 3.63) is 35.4 Å². The second-order valence-corrected chi connectivity index (χ2v) is 6.90. The summed E-state index contributed by atoms with van der Waals surface area (Å²) in [5.74, 6) is 0. The monoisotopic (exact) mass is 287 g/mol. The van der Waals surface area contributed by atoms with Crippen molar-refractivity contribution in [1.29, 1.82) is 0 Å². The van der Waals surface area contributed by atoms with Gasteiger partial charge in [-0.1, -0.05) is 50.5 Å². The summed E-state index contributed by atoms with van der Waals surface area (Å²) >= 11 is 0. The normalized spacial score (nSPS) is 23.5. The van der Waals surface area contributed by atoms with Gasteiger partial charge >= 0.3 is 0 Å². The van der Waals surface area contributed by atoms with Crippen LogP contribution in [0.2, 0.25) is 0 Å². The van der Waals surface area contributed by atoms with Gasteiger partial charge in [-0.3, -0.25) is 4.90 Å². The average molecular weight is 287 g/mol. The first-order valence-electron chi connectivity index (χ1n) is 8.78. The standard InChI is InChI=1S/C19H29NO/c1-2-7-16-8-10-17(11-9-16)18(21)19(12-3-4-13-19)20-14-5-6-15-20/h8-11,18,21H,2-7,12-15H2,1H3. The van der Waals surface area contributed by atoms with Crippen LogP contribution in [0.4, 0.5) is 0 Å². The molecule has 1 saturated heterocycles. The van der Waals surface area contributed by atoms with Crippen LogP contribution >= 0.6 is 0 Å². The third kappa shape index (κ3) is 2.89. The maximum absolute atomic E-state index is 11.1. The van der Waals surface area contributed by atoms with Gasteiger partial charge in [0.05, 0.1) is 11.6 Å². The summed E-state index contributed by atoms with van der Waals surface area (Å²) in [6.07, 6.45) is 9.42. The molecule has 0 radical (unpaired) electrons. The van der Waals surface area contributed by atoms with Crippen LogP contribution in [0.3, 0.4) is 0 Å². The van der Waals surface area contributed by atoms with Crippen molar-refractivity contribution in [1.82, 2.24) is 4.90 Å².